The van der Waals surface area contributed by atoms with E-state index in [2.05, 4.69) is 10.2 Å². The van der Waals surface area contributed by atoms with Crippen molar-refractivity contribution in [2.75, 3.05) is 26.2 Å². The van der Waals surface area contributed by atoms with Crippen LogP contribution in [0.4, 0.5) is 0 Å². The van der Waals surface area contributed by atoms with E-state index in [0.717, 1.165) is 38.9 Å². The van der Waals surface area contributed by atoms with E-state index in [0.29, 0.717) is 17.7 Å². The smallest absolute Gasteiger partial charge is 0.255 e. The van der Waals surface area contributed by atoms with E-state index < -0.39 is 0 Å². The summed E-state index contributed by atoms with van der Waals surface area (Å²) in [5.41, 5.74) is 1.03. The predicted molar refractivity (Wildman–Crippen MR) is 81.5 cm³/mol. The molecular weight excluding hydrogens is 268 g/mol. The third-order valence-corrected chi connectivity index (χ3v) is 3.98. The Bertz CT molecular complexity index is 482. The summed E-state index contributed by atoms with van der Waals surface area (Å²) in [6, 6.07) is 5.17. The first-order chi connectivity index (χ1) is 10.1. The molecule has 1 aliphatic heterocycles. The molecule has 5 heteroatoms. The maximum absolute atomic E-state index is 12.0. The number of hydrogen-bond acceptors (Lipinski definition) is 4. The van der Waals surface area contributed by atoms with Crippen molar-refractivity contribution in [1.82, 2.24) is 10.2 Å². The third kappa shape index (κ3) is 4.44. The van der Waals surface area contributed by atoms with Gasteiger partial charge in [-0.1, -0.05) is 12.1 Å². The maximum Gasteiger partial charge on any atom is 0.255 e. The number of phenols is 1. The molecule has 1 aromatic rings. The van der Waals surface area contributed by atoms with Gasteiger partial charge in [0.2, 0.25) is 0 Å². The van der Waals surface area contributed by atoms with Gasteiger partial charge in [0.15, 0.2) is 0 Å². The number of aliphatic hydroxyl groups excluding tert-OH is 1. The molecule has 1 fully saturated rings. The fraction of sp³-hybridized carbons (Fsp3) is 0.562. The van der Waals surface area contributed by atoms with E-state index in [4.69, 9.17) is 0 Å². The molecule has 0 unspecified atom stereocenters. The van der Waals surface area contributed by atoms with E-state index in [-0.39, 0.29) is 17.8 Å². The average molecular weight is 292 g/mol. The van der Waals surface area contributed by atoms with Crippen LogP contribution in [0.3, 0.4) is 0 Å². The van der Waals surface area contributed by atoms with Gasteiger partial charge in [-0.15, -0.1) is 0 Å². The molecule has 0 saturated carbocycles. The largest absolute Gasteiger partial charge is 0.507 e. The van der Waals surface area contributed by atoms with Gasteiger partial charge in [0, 0.05) is 19.6 Å². The van der Waals surface area contributed by atoms with Gasteiger partial charge in [-0.05, 0) is 44.4 Å². The molecule has 1 aliphatic rings. The number of nitrogens with zero attached hydrogens (tertiary/aromatic N) is 1. The number of carbonyl (C=O) groups is 1. The van der Waals surface area contributed by atoms with Crippen LogP contribution in [0.1, 0.15) is 35.2 Å². The first kappa shape index (κ1) is 15.8. The molecule has 0 radical (unpaired) electrons. The lowest BCUT2D eigenvalue weighted by Crippen LogP contribution is -2.37. The van der Waals surface area contributed by atoms with Crippen LogP contribution in [0.5, 0.6) is 5.75 Å². The summed E-state index contributed by atoms with van der Waals surface area (Å²) in [5.74, 6) is -0.176. The summed E-state index contributed by atoms with van der Waals surface area (Å²) in [6.45, 7) is 5.14. The SMILES string of the molecule is Cc1cccc(C(=O)NCCCN2CCC(O)CC2)c1O. The zero-order valence-corrected chi connectivity index (χ0v) is 12.5. The molecule has 3 N–H and O–H groups in total. The van der Waals surface area contributed by atoms with Gasteiger partial charge < -0.3 is 20.4 Å². The Hall–Kier alpha value is -1.59. The van der Waals surface area contributed by atoms with E-state index in [9.17, 15) is 15.0 Å². The monoisotopic (exact) mass is 292 g/mol. The summed E-state index contributed by atoms with van der Waals surface area (Å²) in [5, 5.41) is 22.1. The Balaban J connectivity index is 1.71. The standard InChI is InChI=1S/C16H24N2O3/c1-12-4-2-5-14(15(12)20)16(21)17-8-3-9-18-10-6-13(19)7-11-18/h2,4-5,13,19-20H,3,6-11H2,1H3,(H,17,21). The average Bonchev–Trinajstić information content (AvgIpc) is 2.48. The second-order valence-corrected chi connectivity index (χ2v) is 5.65. The van der Waals surface area contributed by atoms with Crippen molar-refractivity contribution in [3.05, 3.63) is 29.3 Å². The van der Waals surface area contributed by atoms with Gasteiger partial charge in [-0.25, -0.2) is 0 Å². The van der Waals surface area contributed by atoms with Crippen LogP contribution in [0.25, 0.3) is 0 Å². The molecule has 5 nitrogen and oxygen atoms in total. The van der Waals surface area contributed by atoms with Crippen LogP contribution in [-0.2, 0) is 0 Å². The normalized spacial score (nSPS) is 16.9. The summed E-state index contributed by atoms with van der Waals surface area (Å²) in [6.07, 6.45) is 2.40. The molecule has 0 aromatic heterocycles. The highest BCUT2D eigenvalue weighted by atomic mass is 16.3. The number of likely N-dealkylation sites (tertiary alicyclic amines) is 1. The van der Waals surface area contributed by atoms with E-state index >= 15 is 0 Å². The number of piperidine rings is 1. The molecule has 1 heterocycles. The van der Waals surface area contributed by atoms with Crippen LogP contribution in [0.2, 0.25) is 0 Å². The second-order valence-electron chi connectivity index (χ2n) is 5.65. The number of hydrogen-bond donors (Lipinski definition) is 3. The molecule has 1 aromatic carbocycles. The molecule has 1 saturated heterocycles. The van der Waals surface area contributed by atoms with E-state index in [1.807, 2.05) is 0 Å². The van der Waals surface area contributed by atoms with Crippen molar-refractivity contribution in [3.8, 4) is 5.75 Å². The predicted octanol–water partition coefficient (Wildman–Crippen LogP) is 1.28. The van der Waals surface area contributed by atoms with Crippen molar-refractivity contribution < 1.29 is 15.0 Å². The highest BCUT2D eigenvalue weighted by Gasteiger charge is 2.16. The van der Waals surface area contributed by atoms with Crippen molar-refractivity contribution in [2.24, 2.45) is 0 Å². The van der Waals surface area contributed by atoms with Gasteiger partial charge in [0.05, 0.1) is 11.7 Å². The lowest BCUT2D eigenvalue weighted by Gasteiger charge is -2.29. The zero-order chi connectivity index (χ0) is 15.2. The van der Waals surface area contributed by atoms with Crippen molar-refractivity contribution >= 4 is 5.91 Å². The Morgan fingerprint density at radius 2 is 2.10 bits per heavy atom. The quantitative estimate of drug-likeness (QED) is 0.715. The second kappa shape index (κ2) is 7.43. The lowest BCUT2D eigenvalue weighted by atomic mass is 10.1. The van der Waals surface area contributed by atoms with Crippen molar-refractivity contribution in [2.45, 2.75) is 32.3 Å². The fourth-order valence-electron chi connectivity index (χ4n) is 2.58. The number of para-hydroxylation sites is 1. The Labute approximate surface area is 125 Å². The number of carbonyl (C=O) groups excluding carboxylic acids is 1. The summed E-state index contributed by atoms with van der Waals surface area (Å²) in [4.78, 5) is 14.3. The minimum Gasteiger partial charge on any atom is -0.507 e. The third-order valence-electron chi connectivity index (χ3n) is 3.98. The molecule has 0 spiro atoms. The zero-order valence-electron chi connectivity index (χ0n) is 12.5. The van der Waals surface area contributed by atoms with Crippen LogP contribution >= 0.6 is 0 Å². The highest BCUT2D eigenvalue weighted by molar-refractivity contribution is 5.97. The molecule has 2 rings (SSSR count). The van der Waals surface area contributed by atoms with E-state index in [1.165, 1.54) is 0 Å². The molecular formula is C16H24N2O3. The Morgan fingerprint density at radius 3 is 2.81 bits per heavy atom. The minimum atomic E-state index is -0.231. The summed E-state index contributed by atoms with van der Waals surface area (Å²) >= 11 is 0. The topological polar surface area (TPSA) is 72.8 Å². The van der Waals surface area contributed by atoms with Crippen molar-refractivity contribution in [1.29, 1.82) is 0 Å². The van der Waals surface area contributed by atoms with Gasteiger partial charge >= 0.3 is 0 Å². The number of aryl methyl sites for hydroxylation is 1. The number of nitrogens with one attached hydrogen (secondary N) is 1. The van der Waals surface area contributed by atoms with Gasteiger partial charge in [0.25, 0.3) is 5.91 Å². The number of benzene rings is 1. The Kier molecular flexibility index (Phi) is 5.59. The van der Waals surface area contributed by atoms with Crippen LogP contribution in [-0.4, -0.2) is 53.3 Å². The van der Waals surface area contributed by atoms with Crippen LogP contribution in [0, 0.1) is 6.92 Å². The number of phenolic OH excluding ortho intramolecular Hbond substituents is 1. The number of rotatable bonds is 5. The molecule has 116 valence electrons. The number of aliphatic hydroxyl groups is 1. The highest BCUT2D eigenvalue weighted by Crippen LogP contribution is 2.21. The molecule has 0 atom stereocenters. The summed E-state index contributed by atoms with van der Waals surface area (Å²) in [7, 11) is 0. The fourth-order valence-corrected chi connectivity index (χ4v) is 2.58. The van der Waals surface area contributed by atoms with Crippen molar-refractivity contribution in [3.63, 3.8) is 0 Å². The number of amides is 1. The lowest BCUT2D eigenvalue weighted by molar-refractivity contribution is 0.0816. The van der Waals surface area contributed by atoms with E-state index in [1.54, 1.807) is 25.1 Å². The van der Waals surface area contributed by atoms with Crippen LogP contribution in [0.15, 0.2) is 18.2 Å². The maximum atomic E-state index is 12.0. The van der Waals surface area contributed by atoms with Gasteiger partial charge in [-0.3, -0.25) is 4.79 Å². The first-order valence-corrected chi connectivity index (χ1v) is 7.55. The summed E-state index contributed by atoms with van der Waals surface area (Å²) < 4.78 is 0. The Morgan fingerprint density at radius 1 is 1.38 bits per heavy atom. The van der Waals surface area contributed by atoms with Gasteiger partial charge in [0.1, 0.15) is 5.75 Å². The van der Waals surface area contributed by atoms with Gasteiger partial charge in [-0.2, -0.15) is 0 Å². The molecule has 1 amide bonds. The minimum absolute atomic E-state index is 0.0556. The molecule has 0 bridgehead atoms. The number of aromatic hydroxyl groups is 1. The first-order valence-electron chi connectivity index (χ1n) is 7.55. The molecule has 21 heavy (non-hydrogen) atoms. The molecule has 0 aliphatic carbocycles. The van der Waals surface area contributed by atoms with Crippen LogP contribution < -0.4 is 5.32 Å².